The first kappa shape index (κ1) is 19.5. The molecular formula is C19H20BrNO3S2. The molecule has 1 fully saturated rings. The third-order valence-electron chi connectivity index (χ3n) is 4.90. The quantitative estimate of drug-likeness (QED) is 0.647. The number of benzene rings is 2. The summed E-state index contributed by atoms with van der Waals surface area (Å²) in [5.74, 6) is -0.329. The number of rotatable bonds is 7. The van der Waals surface area contributed by atoms with Gasteiger partial charge in [0, 0.05) is 17.0 Å². The molecular weight excluding hydrogens is 434 g/mol. The van der Waals surface area contributed by atoms with Crippen molar-refractivity contribution in [2.75, 3.05) is 13.2 Å². The summed E-state index contributed by atoms with van der Waals surface area (Å²) in [6, 6.07) is 16.1. The van der Waals surface area contributed by atoms with Crippen LogP contribution in [0.2, 0.25) is 0 Å². The standard InChI is InChI=1S/C19H20BrNO3S2/c1-2-24-12-19(18(21)25)16(13-8-10-14(20)11-9-13)17(19)26(22,23)15-6-4-3-5-7-15/h3-11,16-17H,2,12H2,1H3,(H2,21,25). The molecule has 3 atom stereocenters. The monoisotopic (exact) mass is 453 g/mol. The number of ether oxygens (including phenoxy) is 1. The van der Waals surface area contributed by atoms with Crippen LogP contribution in [0.5, 0.6) is 0 Å². The summed E-state index contributed by atoms with van der Waals surface area (Å²) in [7, 11) is -3.62. The van der Waals surface area contributed by atoms with Gasteiger partial charge in [0.05, 0.1) is 27.2 Å². The summed E-state index contributed by atoms with van der Waals surface area (Å²) in [6.45, 7) is 2.52. The highest BCUT2D eigenvalue weighted by Crippen LogP contribution is 2.64. The van der Waals surface area contributed by atoms with Gasteiger partial charge in [-0.25, -0.2) is 8.42 Å². The third kappa shape index (κ3) is 3.22. The van der Waals surface area contributed by atoms with Crippen molar-refractivity contribution in [3.8, 4) is 0 Å². The summed E-state index contributed by atoms with van der Waals surface area (Å²) < 4.78 is 33.2. The van der Waals surface area contributed by atoms with E-state index in [2.05, 4.69) is 15.9 Å². The molecule has 2 aromatic rings. The van der Waals surface area contributed by atoms with Crippen LogP contribution in [0, 0.1) is 5.41 Å². The Morgan fingerprint density at radius 3 is 2.35 bits per heavy atom. The molecule has 2 N–H and O–H groups in total. The van der Waals surface area contributed by atoms with Gasteiger partial charge in [-0.2, -0.15) is 0 Å². The Kier molecular flexibility index (Phi) is 5.53. The molecule has 3 unspecified atom stereocenters. The minimum absolute atomic E-state index is 0.184. The van der Waals surface area contributed by atoms with Crippen LogP contribution in [0.15, 0.2) is 64.0 Å². The predicted octanol–water partition coefficient (Wildman–Crippen LogP) is 3.70. The van der Waals surface area contributed by atoms with Crippen molar-refractivity contribution in [3.63, 3.8) is 0 Å². The second-order valence-corrected chi connectivity index (χ2v) is 9.77. The summed E-state index contributed by atoms with van der Waals surface area (Å²) in [6.07, 6.45) is 0. The summed E-state index contributed by atoms with van der Waals surface area (Å²) in [5.41, 5.74) is 6.07. The Bertz CT molecular complexity index is 900. The molecule has 26 heavy (non-hydrogen) atoms. The van der Waals surface area contributed by atoms with E-state index in [1.165, 1.54) is 0 Å². The highest BCUT2D eigenvalue weighted by Gasteiger charge is 2.73. The number of nitrogens with two attached hydrogens (primary N) is 1. The second kappa shape index (κ2) is 7.38. The molecule has 0 amide bonds. The molecule has 0 aromatic heterocycles. The van der Waals surface area contributed by atoms with Crippen molar-refractivity contribution in [1.82, 2.24) is 0 Å². The third-order valence-corrected chi connectivity index (χ3v) is 8.09. The van der Waals surface area contributed by atoms with Gasteiger partial charge in [-0.1, -0.05) is 58.5 Å². The van der Waals surface area contributed by atoms with Crippen LogP contribution in [0.4, 0.5) is 0 Å². The van der Waals surface area contributed by atoms with E-state index in [1.807, 2.05) is 31.2 Å². The molecule has 1 saturated carbocycles. The van der Waals surface area contributed by atoms with E-state index in [9.17, 15) is 8.42 Å². The van der Waals surface area contributed by atoms with Crippen LogP contribution in [0.25, 0.3) is 0 Å². The highest BCUT2D eigenvalue weighted by atomic mass is 79.9. The predicted molar refractivity (Wildman–Crippen MR) is 110 cm³/mol. The molecule has 0 aliphatic heterocycles. The molecule has 0 spiro atoms. The van der Waals surface area contributed by atoms with Crippen LogP contribution in [-0.4, -0.2) is 31.9 Å². The number of hydrogen-bond acceptors (Lipinski definition) is 4. The van der Waals surface area contributed by atoms with Gasteiger partial charge in [-0.05, 0) is 36.8 Å². The maximum Gasteiger partial charge on any atom is 0.182 e. The molecule has 0 saturated heterocycles. The molecule has 1 aliphatic carbocycles. The molecule has 0 heterocycles. The van der Waals surface area contributed by atoms with E-state index < -0.39 is 20.5 Å². The molecule has 1 aliphatic rings. The van der Waals surface area contributed by atoms with Gasteiger partial charge in [0.1, 0.15) is 0 Å². The van der Waals surface area contributed by atoms with Gasteiger partial charge in [0.25, 0.3) is 0 Å². The lowest BCUT2D eigenvalue weighted by molar-refractivity contribution is 0.121. The molecule has 0 bridgehead atoms. The van der Waals surface area contributed by atoms with E-state index in [1.54, 1.807) is 30.3 Å². The molecule has 0 radical (unpaired) electrons. The summed E-state index contributed by atoms with van der Waals surface area (Å²) in [4.78, 5) is 0.463. The van der Waals surface area contributed by atoms with E-state index in [-0.39, 0.29) is 22.4 Å². The van der Waals surface area contributed by atoms with Crippen molar-refractivity contribution >= 4 is 43.0 Å². The lowest BCUT2D eigenvalue weighted by Gasteiger charge is -2.17. The zero-order valence-corrected chi connectivity index (χ0v) is 17.5. The molecule has 7 heteroatoms. The number of thiocarbonyl (C=S) groups is 1. The number of halogens is 1. The van der Waals surface area contributed by atoms with Gasteiger partial charge in [0.2, 0.25) is 0 Å². The van der Waals surface area contributed by atoms with Gasteiger partial charge in [-0.3, -0.25) is 0 Å². The minimum Gasteiger partial charge on any atom is -0.393 e. The van der Waals surface area contributed by atoms with E-state index in [4.69, 9.17) is 22.7 Å². The summed E-state index contributed by atoms with van der Waals surface area (Å²) >= 11 is 8.74. The maximum absolute atomic E-state index is 13.3. The van der Waals surface area contributed by atoms with Crippen LogP contribution in [0.1, 0.15) is 18.4 Å². The zero-order chi connectivity index (χ0) is 18.9. The van der Waals surface area contributed by atoms with Gasteiger partial charge in [0.15, 0.2) is 9.84 Å². The average molecular weight is 454 g/mol. The normalized spacial score (nSPS) is 25.0. The zero-order valence-electron chi connectivity index (χ0n) is 14.3. The Morgan fingerprint density at radius 2 is 1.81 bits per heavy atom. The van der Waals surface area contributed by atoms with Crippen molar-refractivity contribution in [3.05, 3.63) is 64.6 Å². The van der Waals surface area contributed by atoms with Gasteiger partial charge < -0.3 is 10.5 Å². The Morgan fingerprint density at radius 1 is 1.19 bits per heavy atom. The van der Waals surface area contributed by atoms with Gasteiger partial charge >= 0.3 is 0 Å². The minimum atomic E-state index is -3.62. The SMILES string of the molecule is CCOCC1(C(N)=S)C(c2ccc(Br)cc2)C1S(=O)(=O)c1ccccc1. The Balaban J connectivity index is 2.10. The first-order valence-corrected chi connectivity index (χ1v) is 11.0. The number of hydrogen-bond donors (Lipinski definition) is 1. The van der Waals surface area contributed by atoms with Crippen LogP contribution in [-0.2, 0) is 14.6 Å². The van der Waals surface area contributed by atoms with Crippen molar-refractivity contribution in [2.24, 2.45) is 11.1 Å². The van der Waals surface area contributed by atoms with Crippen LogP contribution < -0.4 is 5.73 Å². The Hall–Kier alpha value is -1.28. The molecule has 138 valence electrons. The smallest absolute Gasteiger partial charge is 0.182 e. The fourth-order valence-electron chi connectivity index (χ4n) is 3.57. The van der Waals surface area contributed by atoms with E-state index >= 15 is 0 Å². The average Bonchev–Trinajstić information content (AvgIpc) is 3.33. The molecule has 3 rings (SSSR count). The van der Waals surface area contributed by atoms with E-state index in [0.717, 1.165) is 10.0 Å². The highest BCUT2D eigenvalue weighted by molar-refractivity contribution is 9.10. The largest absolute Gasteiger partial charge is 0.393 e. The number of sulfone groups is 1. The van der Waals surface area contributed by atoms with Crippen molar-refractivity contribution < 1.29 is 13.2 Å². The first-order valence-electron chi connectivity index (χ1n) is 8.27. The fraction of sp³-hybridized carbons (Fsp3) is 0.316. The fourth-order valence-corrected chi connectivity index (χ4v) is 6.62. The first-order chi connectivity index (χ1) is 12.4. The molecule has 4 nitrogen and oxygen atoms in total. The summed E-state index contributed by atoms with van der Waals surface area (Å²) in [5, 5.41) is -0.734. The lowest BCUT2D eigenvalue weighted by atomic mass is 10.00. The topological polar surface area (TPSA) is 69.4 Å². The molecule has 2 aromatic carbocycles. The van der Waals surface area contributed by atoms with E-state index in [0.29, 0.717) is 6.61 Å². The van der Waals surface area contributed by atoms with Crippen molar-refractivity contribution in [2.45, 2.75) is 23.0 Å². The van der Waals surface area contributed by atoms with Gasteiger partial charge in [-0.15, -0.1) is 0 Å². The Labute approximate surface area is 167 Å². The van der Waals surface area contributed by atoms with Crippen LogP contribution >= 0.6 is 28.1 Å². The second-order valence-electron chi connectivity index (χ2n) is 6.35. The maximum atomic E-state index is 13.3. The lowest BCUT2D eigenvalue weighted by Crippen LogP contribution is -2.33. The van der Waals surface area contributed by atoms with Crippen molar-refractivity contribution in [1.29, 1.82) is 0 Å². The van der Waals surface area contributed by atoms with Crippen LogP contribution in [0.3, 0.4) is 0 Å².